The molecule has 0 saturated carbocycles. The molecule has 1 aromatic carbocycles. The number of hydrogen-bond acceptors (Lipinski definition) is 5. The lowest BCUT2D eigenvalue weighted by molar-refractivity contribution is -0.141. The number of carbonyl (C=O) groups excluding carboxylic acids is 3. The molecule has 1 saturated heterocycles. The van der Waals surface area contributed by atoms with E-state index >= 15 is 0 Å². The first-order valence-electron chi connectivity index (χ1n) is 10.9. The van der Waals surface area contributed by atoms with Gasteiger partial charge in [-0.25, -0.2) is 0 Å². The van der Waals surface area contributed by atoms with Crippen LogP contribution < -0.4 is 5.32 Å². The van der Waals surface area contributed by atoms with Crippen molar-refractivity contribution in [1.29, 1.82) is 0 Å². The quantitative estimate of drug-likeness (QED) is 0.698. The molecule has 0 bridgehead atoms. The van der Waals surface area contributed by atoms with Gasteiger partial charge in [0, 0.05) is 19.0 Å². The molecule has 0 aliphatic carbocycles. The predicted molar refractivity (Wildman–Crippen MR) is 116 cm³/mol. The zero-order valence-electron chi connectivity index (χ0n) is 18.6. The smallest absolute Gasteiger partial charge is 0.243 e. The monoisotopic (exact) mass is 425 g/mol. The van der Waals surface area contributed by atoms with Crippen LogP contribution in [0.25, 0.3) is 0 Å². The maximum absolute atomic E-state index is 13.4. The summed E-state index contributed by atoms with van der Waals surface area (Å²) in [6.45, 7) is 7.78. The van der Waals surface area contributed by atoms with Gasteiger partial charge in [0.1, 0.15) is 23.5 Å². The van der Waals surface area contributed by atoms with Crippen LogP contribution >= 0.6 is 0 Å². The van der Waals surface area contributed by atoms with Gasteiger partial charge in [0.25, 0.3) is 0 Å². The van der Waals surface area contributed by atoms with Crippen molar-refractivity contribution in [2.45, 2.75) is 65.0 Å². The summed E-state index contributed by atoms with van der Waals surface area (Å²) < 4.78 is 5.39. The molecule has 1 aliphatic heterocycles. The summed E-state index contributed by atoms with van der Waals surface area (Å²) in [5.74, 6) is -0.309. The Morgan fingerprint density at radius 3 is 2.52 bits per heavy atom. The Balaban J connectivity index is 1.78. The number of carbonyl (C=O) groups is 3. The molecule has 31 heavy (non-hydrogen) atoms. The van der Waals surface area contributed by atoms with Crippen LogP contribution in [-0.2, 0) is 14.4 Å². The van der Waals surface area contributed by atoms with E-state index in [4.69, 9.17) is 4.52 Å². The largest absolute Gasteiger partial charge is 0.360 e. The van der Waals surface area contributed by atoms with E-state index in [1.165, 1.54) is 6.92 Å². The van der Waals surface area contributed by atoms with Crippen molar-refractivity contribution in [1.82, 2.24) is 15.4 Å². The molecule has 7 nitrogen and oxygen atoms in total. The minimum atomic E-state index is -0.559. The molecule has 3 rings (SSSR count). The van der Waals surface area contributed by atoms with Crippen molar-refractivity contribution in [2.24, 2.45) is 5.92 Å². The third-order valence-electron chi connectivity index (χ3n) is 5.73. The van der Waals surface area contributed by atoms with E-state index in [0.29, 0.717) is 18.7 Å². The minimum Gasteiger partial charge on any atom is -0.360 e. The van der Waals surface area contributed by atoms with Crippen LogP contribution in [0.3, 0.4) is 0 Å². The van der Waals surface area contributed by atoms with Gasteiger partial charge in [0.15, 0.2) is 0 Å². The average molecular weight is 426 g/mol. The van der Waals surface area contributed by atoms with E-state index in [0.717, 1.165) is 17.7 Å². The van der Waals surface area contributed by atoms with Crippen molar-refractivity contribution in [3.8, 4) is 0 Å². The Bertz CT molecular complexity index is 922. The first-order chi connectivity index (χ1) is 14.8. The minimum absolute atomic E-state index is 0.000980. The van der Waals surface area contributed by atoms with Crippen LogP contribution in [0.15, 0.2) is 40.9 Å². The SMILES string of the molecule is CC(=O)C[C@H](NC(=O)[C@@H]1CCCN1C(=O)[C@@H](c1cc(C)no1)C(C)C)c1ccccc1. The lowest BCUT2D eigenvalue weighted by atomic mass is 9.91. The van der Waals surface area contributed by atoms with E-state index < -0.39 is 18.0 Å². The number of rotatable bonds is 8. The van der Waals surface area contributed by atoms with Crippen molar-refractivity contribution in [2.75, 3.05) is 6.54 Å². The zero-order chi connectivity index (χ0) is 22.5. The normalized spacial score (nSPS) is 18.1. The first kappa shape index (κ1) is 22.7. The standard InChI is InChI=1S/C24H31N3O4/c1-15(2)22(21-13-16(3)26-31-21)24(30)27-12-8-11-20(27)23(29)25-19(14-17(4)28)18-9-6-5-7-10-18/h5-7,9-10,13,15,19-20,22H,8,11-12,14H2,1-4H3,(H,25,29)/t19-,20-,22+/m0/s1. The maximum Gasteiger partial charge on any atom is 0.243 e. The summed E-state index contributed by atoms with van der Waals surface area (Å²) >= 11 is 0. The summed E-state index contributed by atoms with van der Waals surface area (Å²) in [5.41, 5.74) is 1.60. The second-order valence-corrected chi connectivity index (χ2v) is 8.66. The lowest BCUT2D eigenvalue weighted by Gasteiger charge is -2.30. The number of nitrogens with one attached hydrogen (secondary N) is 1. The molecule has 3 atom stereocenters. The Labute approximate surface area is 183 Å². The van der Waals surface area contributed by atoms with Gasteiger partial charge in [-0.3, -0.25) is 14.4 Å². The molecule has 1 N–H and O–H groups in total. The fraction of sp³-hybridized carbons (Fsp3) is 0.500. The summed E-state index contributed by atoms with van der Waals surface area (Å²) in [6.07, 6.45) is 1.56. The molecule has 1 aromatic heterocycles. The van der Waals surface area contributed by atoms with Crippen LogP contribution in [0.5, 0.6) is 0 Å². The number of aromatic nitrogens is 1. The van der Waals surface area contributed by atoms with E-state index in [-0.39, 0.29) is 29.9 Å². The molecule has 1 aliphatic rings. The molecule has 0 spiro atoms. The van der Waals surface area contributed by atoms with Crippen LogP contribution in [0.4, 0.5) is 0 Å². The Hall–Kier alpha value is -2.96. The third-order valence-corrected chi connectivity index (χ3v) is 5.73. The number of nitrogens with zero attached hydrogens (tertiary/aromatic N) is 2. The Kier molecular flexibility index (Phi) is 7.25. The fourth-order valence-corrected chi connectivity index (χ4v) is 4.24. The highest BCUT2D eigenvalue weighted by atomic mass is 16.5. The van der Waals surface area contributed by atoms with E-state index in [1.54, 1.807) is 11.0 Å². The molecular formula is C24H31N3O4. The molecule has 0 radical (unpaired) electrons. The van der Waals surface area contributed by atoms with Gasteiger partial charge in [-0.15, -0.1) is 0 Å². The lowest BCUT2D eigenvalue weighted by Crippen LogP contribution is -2.48. The van der Waals surface area contributed by atoms with Crippen LogP contribution in [0.1, 0.15) is 69.0 Å². The van der Waals surface area contributed by atoms with Crippen molar-refractivity contribution < 1.29 is 18.9 Å². The number of hydrogen-bond donors (Lipinski definition) is 1. The number of likely N-dealkylation sites (tertiary alicyclic amines) is 1. The average Bonchev–Trinajstić information content (AvgIpc) is 3.37. The Morgan fingerprint density at radius 1 is 1.23 bits per heavy atom. The predicted octanol–water partition coefficient (Wildman–Crippen LogP) is 3.55. The van der Waals surface area contributed by atoms with Gasteiger partial charge in [-0.05, 0) is 38.2 Å². The number of Topliss-reactive ketones (excluding diaryl/α,β-unsaturated/α-hetero) is 1. The third kappa shape index (κ3) is 5.40. The van der Waals surface area contributed by atoms with Crippen LogP contribution in [0.2, 0.25) is 0 Å². The van der Waals surface area contributed by atoms with Crippen molar-refractivity contribution in [3.63, 3.8) is 0 Å². The summed E-state index contributed by atoms with van der Waals surface area (Å²) in [5, 5.41) is 6.94. The molecule has 2 heterocycles. The summed E-state index contributed by atoms with van der Waals surface area (Å²) in [4.78, 5) is 40.1. The number of aryl methyl sites for hydroxylation is 1. The first-order valence-corrected chi connectivity index (χ1v) is 10.9. The van der Waals surface area contributed by atoms with E-state index in [9.17, 15) is 14.4 Å². The van der Waals surface area contributed by atoms with Crippen LogP contribution in [0, 0.1) is 12.8 Å². The second-order valence-electron chi connectivity index (χ2n) is 8.66. The molecule has 2 amide bonds. The Morgan fingerprint density at radius 2 is 1.94 bits per heavy atom. The van der Waals surface area contributed by atoms with Gasteiger partial charge >= 0.3 is 0 Å². The highest BCUT2D eigenvalue weighted by molar-refractivity contribution is 5.91. The van der Waals surface area contributed by atoms with Gasteiger partial charge in [0.05, 0.1) is 11.7 Å². The molecular weight excluding hydrogens is 394 g/mol. The zero-order valence-corrected chi connectivity index (χ0v) is 18.6. The maximum atomic E-state index is 13.4. The molecule has 1 fully saturated rings. The van der Waals surface area contributed by atoms with Gasteiger partial charge in [0.2, 0.25) is 11.8 Å². The second kappa shape index (κ2) is 9.90. The van der Waals surface area contributed by atoms with E-state index in [2.05, 4.69) is 10.5 Å². The topological polar surface area (TPSA) is 92.5 Å². The van der Waals surface area contributed by atoms with Gasteiger partial charge in [-0.2, -0.15) is 0 Å². The summed E-state index contributed by atoms with van der Waals surface area (Å²) in [6, 6.07) is 10.3. The molecule has 0 unspecified atom stereocenters. The van der Waals surface area contributed by atoms with Gasteiger partial charge < -0.3 is 14.7 Å². The van der Waals surface area contributed by atoms with E-state index in [1.807, 2.05) is 51.1 Å². The van der Waals surface area contributed by atoms with Crippen LogP contribution in [-0.4, -0.2) is 40.2 Å². The fourth-order valence-electron chi connectivity index (χ4n) is 4.24. The molecule has 7 heteroatoms. The molecule has 2 aromatic rings. The van der Waals surface area contributed by atoms with Gasteiger partial charge in [-0.1, -0.05) is 49.3 Å². The summed E-state index contributed by atoms with van der Waals surface area (Å²) in [7, 11) is 0. The van der Waals surface area contributed by atoms with Crippen molar-refractivity contribution >= 4 is 17.6 Å². The highest BCUT2D eigenvalue weighted by Crippen LogP contribution is 2.31. The number of benzene rings is 1. The highest BCUT2D eigenvalue weighted by Gasteiger charge is 2.40. The molecule has 166 valence electrons. The number of amides is 2. The number of ketones is 1. The van der Waals surface area contributed by atoms with Crippen molar-refractivity contribution in [3.05, 3.63) is 53.4 Å².